The summed E-state index contributed by atoms with van der Waals surface area (Å²) in [6.07, 6.45) is 0. The number of nitrogens with zero attached hydrogens (tertiary/aromatic N) is 1. The Labute approximate surface area is 172 Å². The summed E-state index contributed by atoms with van der Waals surface area (Å²) in [5, 5.41) is 4.71. The lowest BCUT2D eigenvalue weighted by Gasteiger charge is -2.20. The minimum Gasteiger partial charge on any atom is -0.324 e. The summed E-state index contributed by atoms with van der Waals surface area (Å²) in [6, 6.07) is 18.4. The SMILES string of the molecule is Cc1cccc(C(C)C)c1NC(=O)CN(C)S(=O)(=O)c1ccc2ccccc2c1. The minimum atomic E-state index is -3.78. The molecule has 152 valence electrons. The molecule has 5 nitrogen and oxygen atoms in total. The maximum Gasteiger partial charge on any atom is 0.243 e. The van der Waals surface area contributed by atoms with Gasteiger partial charge in [0.25, 0.3) is 0 Å². The lowest BCUT2D eigenvalue weighted by atomic mass is 9.98. The average Bonchev–Trinajstić information content (AvgIpc) is 2.68. The molecule has 0 aliphatic heterocycles. The van der Waals surface area contributed by atoms with Crippen molar-refractivity contribution in [3.63, 3.8) is 0 Å². The molecule has 0 aliphatic rings. The molecule has 0 saturated heterocycles. The number of hydrogen-bond donors (Lipinski definition) is 1. The van der Waals surface area contributed by atoms with Gasteiger partial charge < -0.3 is 5.32 Å². The van der Waals surface area contributed by atoms with Crippen LogP contribution >= 0.6 is 0 Å². The largest absolute Gasteiger partial charge is 0.324 e. The predicted molar refractivity (Wildman–Crippen MR) is 118 cm³/mol. The molecule has 3 aromatic rings. The number of benzene rings is 3. The van der Waals surface area contributed by atoms with Crippen molar-refractivity contribution in [2.45, 2.75) is 31.6 Å². The lowest BCUT2D eigenvalue weighted by Crippen LogP contribution is -2.35. The van der Waals surface area contributed by atoms with Gasteiger partial charge in [0.1, 0.15) is 0 Å². The van der Waals surface area contributed by atoms with E-state index >= 15 is 0 Å². The van der Waals surface area contributed by atoms with E-state index in [0.717, 1.165) is 31.9 Å². The Morgan fingerprint density at radius 2 is 1.69 bits per heavy atom. The first-order valence-corrected chi connectivity index (χ1v) is 11.0. The summed E-state index contributed by atoms with van der Waals surface area (Å²) in [6.45, 7) is 5.78. The van der Waals surface area contributed by atoms with Crippen molar-refractivity contribution in [1.82, 2.24) is 4.31 Å². The van der Waals surface area contributed by atoms with Crippen LogP contribution in [0.4, 0.5) is 5.69 Å². The predicted octanol–water partition coefficient (Wildman–Crippen LogP) is 4.53. The number of sulfonamides is 1. The number of para-hydroxylation sites is 1. The second-order valence-electron chi connectivity index (χ2n) is 7.51. The monoisotopic (exact) mass is 410 g/mol. The van der Waals surface area contributed by atoms with Crippen LogP contribution in [0.5, 0.6) is 0 Å². The van der Waals surface area contributed by atoms with E-state index in [1.807, 2.05) is 49.4 Å². The lowest BCUT2D eigenvalue weighted by molar-refractivity contribution is -0.116. The zero-order chi connectivity index (χ0) is 21.2. The minimum absolute atomic E-state index is 0.172. The number of amides is 1. The van der Waals surface area contributed by atoms with E-state index in [9.17, 15) is 13.2 Å². The molecule has 1 N–H and O–H groups in total. The van der Waals surface area contributed by atoms with Crippen molar-refractivity contribution in [3.05, 3.63) is 71.8 Å². The normalized spacial score (nSPS) is 11.9. The third-order valence-electron chi connectivity index (χ3n) is 4.99. The van der Waals surface area contributed by atoms with Crippen molar-refractivity contribution < 1.29 is 13.2 Å². The molecule has 29 heavy (non-hydrogen) atoms. The fraction of sp³-hybridized carbons (Fsp3) is 0.261. The number of likely N-dealkylation sites (N-methyl/N-ethyl adjacent to an activating group) is 1. The molecule has 0 bridgehead atoms. The fourth-order valence-corrected chi connectivity index (χ4v) is 4.48. The molecule has 3 aromatic carbocycles. The van der Waals surface area contributed by atoms with Gasteiger partial charge in [-0.15, -0.1) is 0 Å². The maximum absolute atomic E-state index is 13.0. The highest BCUT2D eigenvalue weighted by molar-refractivity contribution is 7.89. The van der Waals surface area contributed by atoms with Crippen LogP contribution in [0.25, 0.3) is 10.8 Å². The molecule has 3 rings (SSSR count). The number of anilines is 1. The molecule has 0 atom stereocenters. The van der Waals surface area contributed by atoms with Crippen molar-refractivity contribution in [2.75, 3.05) is 18.9 Å². The third-order valence-corrected chi connectivity index (χ3v) is 6.79. The summed E-state index contributed by atoms with van der Waals surface area (Å²) >= 11 is 0. The zero-order valence-corrected chi connectivity index (χ0v) is 18.0. The molecular formula is C23H26N2O3S. The highest BCUT2D eigenvalue weighted by atomic mass is 32.2. The van der Waals surface area contributed by atoms with Gasteiger partial charge in [-0.25, -0.2) is 8.42 Å². The zero-order valence-electron chi connectivity index (χ0n) is 17.1. The number of carbonyl (C=O) groups is 1. The van der Waals surface area contributed by atoms with Gasteiger partial charge in [-0.05, 0) is 46.9 Å². The van der Waals surface area contributed by atoms with Crippen molar-refractivity contribution >= 4 is 32.4 Å². The van der Waals surface area contributed by atoms with Crippen LogP contribution in [0.1, 0.15) is 30.9 Å². The van der Waals surface area contributed by atoms with Crippen LogP contribution in [0, 0.1) is 6.92 Å². The van der Waals surface area contributed by atoms with Crippen LogP contribution in [0.15, 0.2) is 65.6 Å². The van der Waals surface area contributed by atoms with Gasteiger partial charge in [-0.2, -0.15) is 4.31 Å². The Hall–Kier alpha value is -2.70. The fourth-order valence-electron chi connectivity index (χ4n) is 3.32. The number of nitrogens with one attached hydrogen (secondary N) is 1. The van der Waals surface area contributed by atoms with E-state index < -0.39 is 10.0 Å². The summed E-state index contributed by atoms with van der Waals surface area (Å²) < 4.78 is 27.0. The van der Waals surface area contributed by atoms with E-state index in [1.54, 1.807) is 18.2 Å². The van der Waals surface area contributed by atoms with Gasteiger partial charge in [0, 0.05) is 12.7 Å². The van der Waals surface area contributed by atoms with Crippen LogP contribution in [-0.4, -0.2) is 32.2 Å². The second kappa shape index (κ2) is 8.35. The molecule has 0 unspecified atom stereocenters. The summed E-state index contributed by atoms with van der Waals surface area (Å²) in [5.41, 5.74) is 2.73. The Bertz CT molecular complexity index is 1150. The van der Waals surface area contributed by atoms with Crippen LogP contribution in [-0.2, 0) is 14.8 Å². The summed E-state index contributed by atoms with van der Waals surface area (Å²) in [5.74, 6) is -0.127. The number of carbonyl (C=O) groups excluding carboxylic acids is 1. The van der Waals surface area contributed by atoms with Gasteiger partial charge in [0.05, 0.1) is 11.4 Å². The molecule has 0 radical (unpaired) electrons. The van der Waals surface area contributed by atoms with E-state index in [-0.39, 0.29) is 23.3 Å². The molecule has 1 amide bonds. The Kier molecular flexibility index (Phi) is 6.05. The summed E-state index contributed by atoms with van der Waals surface area (Å²) in [4.78, 5) is 12.8. The van der Waals surface area contributed by atoms with Gasteiger partial charge in [-0.3, -0.25) is 4.79 Å². The molecule has 0 spiro atoms. The molecule has 0 aliphatic carbocycles. The Morgan fingerprint density at radius 1 is 1.00 bits per heavy atom. The van der Waals surface area contributed by atoms with Crippen LogP contribution in [0.3, 0.4) is 0 Å². The smallest absolute Gasteiger partial charge is 0.243 e. The van der Waals surface area contributed by atoms with Gasteiger partial charge in [0.2, 0.25) is 15.9 Å². The molecule has 6 heteroatoms. The van der Waals surface area contributed by atoms with E-state index in [2.05, 4.69) is 19.2 Å². The number of hydrogen-bond acceptors (Lipinski definition) is 3. The number of fused-ring (bicyclic) bond motifs is 1. The quantitative estimate of drug-likeness (QED) is 0.649. The Morgan fingerprint density at radius 3 is 2.38 bits per heavy atom. The van der Waals surface area contributed by atoms with Gasteiger partial charge in [0.15, 0.2) is 0 Å². The van der Waals surface area contributed by atoms with E-state index in [0.29, 0.717) is 0 Å². The van der Waals surface area contributed by atoms with Gasteiger partial charge in [-0.1, -0.05) is 62.4 Å². The van der Waals surface area contributed by atoms with Crippen molar-refractivity contribution in [3.8, 4) is 0 Å². The first kappa shape index (κ1) is 21.0. The second-order valence-corrected chi connectivity index (χ2v) is 9.56. The molecule has 0 aromatic heterocycles. The Balaban J connectivity index is 1.80. The number of aryl methyl sites for hydroxylation is 1. The highest BCUT2D eigenvalue weighted by Crippen LogP contribution is 2.27. The van der Waals surface area contributed by atoms with Crippen molar-refractivity contribution in [1.29, 1.82) is 0 Å². The van der Waals surface area contributed by atoms with Crippen LogP contribution < -0.4 is 5.32 Å². The molecule has 0 saturated carbocycles. The topological polar surface area (TPSA) is 66.5 Å². The van der Waals surface area contributed by atoms with Gasteiger partial charge >= 0.3 is 0 Å². The molecule has 0 heterocycles. The third kappa shape index (κ3) is 4.49. The summed E-state index contributed by atoms with van der Waals surface area (Å²) in [7, 11) is -2.36. The highest BCUT2D eigenvalue weighted by Gasteiger charge is 2.24. The average molecular weight is 411 g/mol. The molecule has 0 fully saturated rings. The number of rotatable bonds is 6. The first-order valence-electron chi connectivity index (χ1n) is 9.54. The first-order chi connectivity index (χ1) is 13.7. The van der Waals surface area contributed by atoms with E-state index in [4.69, 9.17) is 0 Å². The maximum atomic E-state index is 13.0. The molecular weight excluding hydrogens is 384 g/mol. The van der Waals surface area contributed by atoms with Crippen LogP contribution in [0.2, 0.25) is 0 Å². The van der Waals surface area contributed by atoms with E-state index in [1.165, 1.54) is 7.05 Å². The standard InChI is InChI=1S/C23H26N2O3S/c1-16(2)21-11-7-8-17(3)23(21)24-22(26)15-25(4)29(27,28)20-13-12-18-9-5-6-10-19(18)14-20/h5-14,16H,15H2,1-4H3,(H,24,26). The van der Waals surface area contributed by atoms with Crippen molar-refractivity contribution in [2.24, 2.45) is 0 Å².